The SMILES string of the molecule is COc1cccc(Sc2c(N)cccc2C(=O)O)c1. The number of carbonyl (C=O) groups is 1. The Balaban J connectivity index is 2.40. The summed E-state index contributed by atoms with van der Waals surface area (Å²) in [4.78, 5) is 12.6. The van der Waals surface area contributed by atoms with Crippen molar-refractivity contribution in [2.75, 3.05) is 12.8 Å². The predicted molar refractivity (Wildman–Crippen MR) is 74.9 cm³/mol. The molecule has 5 heteroatoms. The van der Waals surface area contributed by atoms with Gasteiger partial charge in [0.15, 0.2) is 0 Å². The fourth-order valence-corrected chi connectivity index (χ4v) is 2.63. The van der Waals surface area contributed by atoms with E-state index in [1.54, 1.807) is 25.3 Å². The molecule has 2 rings (SSSR count). The zero-order valence-corrected chi connectivity index (χ0v) is 11.1. The topological polar surface area (TPSA) is 72.5 Å². The molecular weight excluding hydrogens is 262 g/mol. The lowest BCUT2D eigenvalue weighted by molar-refractivity contribution is 0.0693. The summed E-state index contributed by atoms with van der Waals surface area (Å²) < 4.78 is 5.14. The Bertz CT molecular complexity index is 613. The van der Waals surface area contributed by atoms with Gasteiger partial charge in [-0.1, -0.05) is 23.9 Å². The standard InChI is InChI=1S/C14H13NO3S/c1-18-9-4-2-5-10(8-9)19-13-11(14(16)17)6-3-7-12(13)15/h2-8H,15H2,1H3,(H,16,17). The second-order valence-corrected chi connectivity index (χ2v) is 4.89. The monoisotopic (exact) mass is 275 g/mol. The number of nitrogen functional groups attached to an aromatic ring is 1. The average molecular weight is 275 g/mol. The molecule has 0 bridgehead atoms. The lowest BCUT2D eigenvalue weighted by Gasteiger charge is -2.09. The molecule has 0 unspecified atom stereocenters. The van der Waals surface area contributed by atoms with E-state index in [2.05, 4.69) is 0 Å². The number of aromatic carboxylic acids is 1. The van der Waals surface area contributed by atoms with Gasteiger partial charge in [-0.2, -0.15) is 0 Å². The van der Waals surface area contributed by atoms with Crippen LogP contribution in [0.25, 0.3) is 0 Å². The molecule has 98 valence electrons. The van der Waals surface area contributed by atoms with E-state index in [0.717, 1.165) is 10.6 Å². The lowest BCUT2D eigenvalue weighted by atomic mass is 10.2. The highest BCUT2D eigenvalue weighted by Crippen LogP contribution is 2.36. The van der Waals surface area contributed by atoms with Crippen LogP contribution in [0, 0.1) is 0 Å². The first-order valence-corrected chi connectivity index (χ1v) is 6.37. The number of rotatable bonds is 4. The molecule has 0 spiro atoms. The molecule has 0 radical (unpaired) electrons. The molecular formula is C14H13NO3S. The van der Waals surface area contributed by atoms with Crippen molar-refractivity contribution >= 4 is 23.4 Å². The fraction of sp³-hybridized carbons (Fsp3) is 0.0714. The summed E-state index contributed by atoms with van der Waals surface area (Å²) in [5.41, 5.74) is 6.52. The largest absolute Gasteiger partial charge is 0.497 e. The summed E-state index contributed by atoms with van der Waals surface area (Å²) in [5.74, 6) is -0.269. The molecule has 0 aromatic heterocycles. The highest BCUT2D eigenvalue weighted by Gasteiger charge is 2.14. The Kier molecular flexibility index (Phi) is 3.97. The quantitative estimate of drug-likeness (QED) is 0.839. The Morgan fingerprint density at radius 3 is 2.68 bits per heavy atom. The maximum atomic E-state index is 11.2. The highest BCUT2D eigenvalue weighted by atomic mass is 32.2. The number of carboxylic acids is 1. The number of anilines is 1. The van der Waals surface area contributed by atoms with Gasteiger partial charge in [0.1, 0.15) is 5.75 Å². The summed E-state index contributed by atoms with van der Waals surface area (Å²) in [7, 11) is 1.59. The van der Waals surface area contributed by atoms with Gasteiger partial charge in [0, 0.05) is 15.5 Å². The molecule has 0 saturated carbocycles. The van der Waals surface area contributed by atoms with Crippen LogP contribution in [0.15, 0.2) is 52.3 Å². The molecule has 0 aliphatic rings. The summed E-state index contributed by atoms with van der Waals surface area (Å²) in [6.45, 7) is 0. The van der Waals surface area contributed by atoms with Crippen molar-refractivity contribution in [2.24, 2.45) is 0 Å². The number of methoxy groups -OCH3 is 1. The maximum Gasteiger partial charge on any atom is 0.336 e. The number of nitrogens with two attached hydrogens (primary N) is 1. The number of carboxylic acid groups (broad SMARTS) is 1. The van der Waals surface area contributed by atoms with Gasteiger partial charge in [0.2, 0.25) is 0 Å². The van der Waals surface area contributed by atoms with Crippen LogP contribution in [-0.2, 0) is 0 Å². The van der Waals surface area contributed by atoms with E-state index >= 15 is 0 Å². The van der Waals surface area contributed by atoms with E-state index in [-0.39, 0.29) is 5.56 Å². The summed E-state index contributed by atoms with van der Waals surface area (Å²) >= 11 is 1.31. The summed E-state index contributed by atoms with van der Waals surface area (Å²) in [6, 6.07) is 12.3. The number of ether oxygens (including phenoxy) is 1. The van der Waals surface area contributed by atoms with Gasteiger partial charge in [-0.05, 0) is 30.3 Å². The smallest absolute Gasteiger partial charge is 0.336 e. The third-order valence-corrected chi connectivity index (χ3v) is 3.69. The molecule has 0 amide bonds. The van der Waals surface area contributed by atoms with Crippen LogP contribution in [0.2, 0.25) is 0 Å². The maximum absolute atomic E-state index is 11.2. The van der Waals surface area contributed by atoms with Crippen LogP contribution in [0.4, 0.5) is 5.69 Å². The van der Waals surface area contributed by atoms with Gasteiger partial charge >= 0.3 is 5.97 Å². The minimum Gasteiger partial charge on any atom is -0.497 e. The van der Waals surface area contributed by atoms with E-state index in [1.165, 1.54) is 11.8 Å². The fourth-order valence-electron chi connectivity index (χ4n) is 1.62. The van der Waals surface area contributed by atoms with Gasteiger partial charge in [-0.15, -0.1) is 0 Å². The van der Waals surface area contributed by atoms with Crippen molar-refractivity contribution in [3.63, 3.8) is 0 Å². The Labute approximate surface area is 115 Å². The van der Waals surface area contributed by atoms with Crippen LogP contribution in [0.3, 0.4) is 0 Å². The molecule has 19 heavy (non-hydrogen) atoms. The third kappa shape index (κ3) is 3.00. The van der Waals surface area contributed by atoms with E-state index in [1.807, 2.05) is 24.3 Å². The normalized spacial score (nSPS) is 10.2. The molecule has 0 aliphatic carbocycles. The van der Waals surface area contributed by atoms with Gasteiger partial charge in [-0.3, -0.25) is 0 Å². The van der Waals surface area contributed by atoms with Crippen molar-refractivity contribution < 1.29 is 14.6 Å². The molecule has 0 saturated heterocycles. The Morgan fingerprint density at radius 1 is 1.26 bits per heavy atom. The van der Waals surface area contributed by atoms with Gasteiger partial charge in [0.25, 0.3) is 0 Å². The summed E-state index contributed by atoms with van der Waals surface area (Å²) in [5, 5.41) is 9.18. The lowest BCUT2D eigenvalue weighted by Crippen LogP contribution is -2.01. The number of benzene rings is 2. The van der Waals surface area contributed by atoms with Crippen LogP contribution < -0.4 is 10.5 Å². The predicted octanol–water partition coefficient (Wildman–Crippen LogP) is 3.13. The zero-order valence-electron chi connectivity index (χ0n) is 10.3. The number of hydrogen-bond donors (Lipinski definition) is 2. The van der Waals surface area contributed by atoms with Crippen molar-refractivity contribution in [1.82, 2.24) is 0 Å². The van der Waals surface area contributed by atoms with Gasteiger partial charge < -0.3 is 15.6 Å². The first kappa shape index (κ1) is 13.3. The Morgan fingerprint density at radius 2 is 2.00 bits per heavy atom. The molecule has 0 fully saturated rings. The highest BCUT2D eigenvalue weighted by molar-refractivity contribution is 7.99. The summed E-state index contributed by atoms with van der Waals surface area (Å²) in [6.07, 6.45) is 0. The first-order valence-electron chi connectivity index (χ1n) is 5.55. The molecule has 3 N–H and O–H groups in total. The molecule has 0 atom stereocenters. The molecule has 0 aliphatic heterocycles. The molecule has 2 aromatic carbocycles. The van der Waals surface area contributed by atoms with Crippen LogP contribution >= 0.6 is 11.8 Å². The van der Waals surface area contributed by atoms with Crippen LogP contribution in [0.1, 0.15) is 10.4 Å². The van der Waals surface area contributed by atoms with E-state index in [4.69, 9.17) is 10.5 Å². The third-order valence-electron chi connectivity index (χ3n) is 2.54. The van der Waals surface area contributed by atoms with Crippen molar-refractivity contribution in [3.05, 3.63) is 48.0 Å². The van der Waals surface area contributed by atoms with E-state index in [0.29, 0.717) is 10.6 Å². The van der Waals surface area contributed by atoms with Crippen LogP contribution in [-0.4, -0.2) is 18.2 Å². The van der Waals surface area contributed by atoms with E-state index < -0.39 is 5.97 Å². The average Bonchev–Trinajstić information content (AvgIpc) is 2.41. The minimum absolute atomic E-state index is 0.202. The van der Waals surface area contributed by atoms with Gasteiger partial charge in [0.05, 0.1) is 12.7 Å². The van der Waals surface area contributed by atoms with Crippen molar-refractivity contribution in [2.45, 2.75) is 9.79 Å². The second kappa shape index (κ2) is 5.67. The molecule has 0 heterocycles. The van der Waals surface area contributed by atoms with E-state index in [9.17, 15) is 9.90 Å². The molecule has 2 aromatic rings. The van der Waals surface area contributed by atoms with Crippen LogP contribution in [0.5, 0.6) is 5.75 Å². The first-order chi connectivity index (χ1) is 9.11. The van der Waals surface area contributed by atoms with Gasteiger partial charge in [-0.25, -0.2) is 4.79 Å². The number of hydrogen-bond acceptors (Lipinski definition) is 4. The second-order valence-electron chi connectivity index (χ2n) is 3.81. The van der Waals surface area contributed by atoms with Crippen molar-refractivity contribution in [1.29, 1.82) is 0 Å². The van der Waals surface area contributed by atoms with Crippen molar-refractivity contribution in [3.8, 4) is 5.75 Å². The Hall–Kier alpha value is -2.14. The molecule has 4 nitrogen and oxygen atoms in total. The zero-order chi connectivity index (χ0) is 13.8. The minimum atomic E-state index is -0.988.